The normalized spacial score (nSPS) is 21.1. The molecule has 6 heteroatoms. The van der Waals surface area contributed by atoms with Crippen LogP contribution in [-0.2, 0) is 22.6 Å². The summed E-state index contributed by atoms with van der Waals surface area (Å²) in [6.07, 6.45) is 0.398. The summed E-state index contributed by atoms with van der Waals surface area (Å²) in [6, 6.07) is 42.3. The minimum atomic E-state index is 0.199. The van der Waals surface area contributed by atoms with Crippen molar-refractivity contribution in [3.05, 3.63) is 144 Å². The summed E-state index contributed by atoms with van der Waals surface area (Å²) in [5.74, 6) is 0. The van der Waals surface area contributed by atoms with Gasteiger partial charge in [0.25, 0.3) is 0 Å². The molecule has 0 saturated carbocycles. The molecule has 0 N–H and O–H groups in total. The van der Waals surface area contributed by atoms with E-state index in [4.69, 9.17) is 9.47 Å². The van der Waals surface area contributed by atoms with E-state index >= 15 is 0 Å². The summed E-state index contributed by atoms with van der Waals surface area (Å²) < 4.78 is 11.9. The number of nitrogens with zero attached hydrogens (tertiary/aromatic N) is 2. The highest BCUT2D eigenvalue weighted by molar-refractivity contribution is 9.09. The van der Waals surface area contributed by atoms with Gasteiger partial charge >= 0.3 is 0 Å². The first-order valence-electron chi connectivity index (χ1n) is 14.8. The van der Waals surface area contributed by atoms with Crippen LogP contribution < -0.4 is 0 Å². The van der Waals surface area contributed by atoms with E-state index in [1.807, 2.05) is 12.1 Å². The number of rotatable bonds is 8. The molecule has 6 rings (SSSR count). The van der Waals surface area contributed by atoms with E-state index in [1.54, 1.807) is 0 Å². The van der Waals surface area contributed by atoms with Gasteiger partial charge in [-0.3, -0.25) is 9.80 Å². The Morgan fingerprint density at radius 1 is 0.524 bits per heavy atom. The number of ether oxygens (including phenoxy) is 2. The molecular formula is C36H40Br2N2O2. The third-order valence-corrected chi connectivity index (χ3v) is 9.98. The van der Waals surface area contributed by atoms with Crippen LogP contribution in [0.3, 0.4) is 0 Å². The lowest BCUT2D eigenvalue weighted by molar-refractivity contribution is -0.0311. The molecule has 0 aliphatic carbocycles. The molecule has 42 heavy (non-hydrogen) atoms. The van der Waals surface area contributed by atoms with E-state index in [1.165, 1.54) is 22.3 Å². The van der Waals surface area contributed by atoms with Crippen LogP contribution in [0.1, 0.15) is 31.9 Å². The van der Waals surface area contributed by atoms with Gasteiger partial charge in [0.2, 0.25) is 0 Å². The van der Waals surface area contributed by atoms with Crippen molar-refractivity contribution in [2.45, 2.75) is 35.0 Å². The third-order valence-electron chi connectivity index (χ3n) is 7.74. The zero-order valence-corrected chi connectivity index (χ0v) is 27.2. The Hall–Kier alpha value is -2.32. The summed E-state index contributed by atoms with van der Waals surface area (Å²) in [6.45, 7) is 7.50. The van der Waals surface area contributed by atoms with E-state index in [0.717, 1.165) is 52.5 Å². The van der Waals surface area contributed by atoms with Gasteiger partial charge in [-0.15, -0.1) is 0 Å². The molecule has 2 heterocycles. The summed E-state index contributed by atoms with van der Waals surface area (Å²) in [7, 11) is 0. The molecule has 4 atom stereocenters. The average molecular weight is 693 g/mol. The monoisotopic (exact) mass is 690 g/mol. The van der Waals surface area contributed by atoms with E-state index in [0.29, 0.717) is 0 Å². The highest BCUT2D eigenvalue weighted by atomic mass is 79.9. The molecule has 2 saturated heterocycles. The molecule has 2 fully saturated rings. The Morgan fingerprint density at radius 3 is 1.21 bits per heavy atom. The van der Waals surface area contributed by atoms with Crippen molar-refractivity contribution in [3.8, 4) is 0 Å². The Labute approximate surface area is 267 Å². The topological polar surface area (TPSA) is 24.9 Å². The minimum Gasteiger partial charge on any atom is -0.374 e. The number of hydrogen-bond donors (Lipinski definition) is 0. The van der Waals surface area contributed by atoms with Crippen molar-refractivity contribution >= 4 is 31.9 Å². The fourth-order valence-corrected chi connectivity index (χ4v) is 6.74. The van der Waals surface area contributed by atoms with E-state index < -0.39 is 0 Å². The van der Waals surface area contributed by atoms with E-state index in [2.05, 4.69) is 151 Å². The maximum Gasteiger partial charge on any atom is 0.0868 e. The van der Waals surface area contributed by atoms with Gasteiger partial charge in [0.15, 0.2) is 0 Å². The van der Waals surface area contributed by atoms with Gasteiger partial charge in [-0.2, -0.15) is 0 Å². The van der Waals surface area contributed by atoms with Crippen molar-refractivity contribution in [3.63, 3.8) is 0 Å². The van der Waals surface area contributed by atoms with Gasteiger partial charge in [-0.1, -0.05) is 153 Å². The lowest BCUT2D eigenvalue weighted by atomic mass is 10.1. The smallest absolute Gasteiger partial charge is 0.0868 e. The molecule has 0 amide bonds. The van der Waals surface area contributed by atoms with Crippen LogP contribution in [0, 0.1) is 0 Å². The second-order valence-corrected chi connectivity index (χ2v) is 12.9. The van der Waals surface area contributed by atoms with Crippen molar-refractivity contribution in [1.29, 1.82) is 0 Å². The molecule has 4 nitrogen and oxygen atoms in total. The molecule has 4 aromatic rings. The zero-order valence-electron chi connectivity index (χ0n) is 24.0. The first-order valence-corrected chi connectivity index (χ1v) is 16.6. The van der Waals surface area contributed by atoms with Crippen LogP contribution in [0.15, 0.2) is 121 Å². The zero-order chi connectivity index (χ0) is 29.0. The maximum atomic E-state index is 5.97. The third kappa shape index (κ3) is 9.34. The largest absolute Gasteiger partial charge is 0.374 e. The highest BCUT2D eigenvalue weighted by Crippen LogP contribution is 2.31. The van der Waals surface area contributed by atoms with Gasteiger partial charge in [0, 0.05) is 39.3 Å². The summed E-state index contributed by atoms with van der Waals surface area (Å²) in [5.41, 5.74) is 5.29. The van der Waals surface area contributed by atoms with Crippen LogP contribution in [0.2, 0.25) is 0 Å². The van der Waals surface area contributed by atoms with Gasteiger partial charge in [0.1, 0.15) is 0 Å². The maximum absolute atomic E-state index is 5.97. The fourth-order valence-electron chi connectivity index (χ4n) is 5.49. The molecule has 4 aromatic carbocycles. The number of benzene rings is 4. The molecule has 0 bridgehead atoms. The molecular weight excluding hydrogens is 652 g/mol. The van der Waals surface area contributed by atoms with Crippen LogP contribution >= 0.6 is 31.9 Å². The molecule has 2 aliphatic rings. The Morgan fingerprint density at radius 2 is 0.857 bits per heavy atom. The highest BCUT2D eigenvalue weighted by Gasteiger charge is 2.28. The van der Waals surface area contributed by atoms with Crippen molar-refractivity contribution in [1.82, 2.24) is 9.80 Å². The Kier molecular flexibility index (Phi) is 12.2. The molecule has 0 spiro atoms. The molecule has 220 valence electrons. The standard InChI is InChI=1S/2C18H20BrNO/c2*19-18(16-9-5-2-6-10-16)17-14-20(11-12-21-17)13-15-7-3-1-4-8-15/h2*1-10,17-18H,11-14H2/t2*17-,18+/m10/s1. The predicted molar refractivity (Wildman–Crippen MR) is 179 cm³/mol. The van der Waals surface area contributed by atoms with E-state index in [-0.39, 0.29) is 21.9 Å². The van der Waals surface area contributed by atoms with Crippen molar-refractivity contribution in [2.75, 3.05) is 39.4 Å². The molecule has 0 unspecified atom stereocenters. The van der Waals surface area contributed by atoms with Crippen LogP contribution in [0.4, 0.5) is 0 Å². The van der Waals surface area contributed by atoms with Crippen molar-refractivity contribution < 1.29 is 9.47 Å². The van der Waals surface area contributed by atoms with Crippen LogP contribution in [-0.4, -0.2) is 61.4 Å². The van der Waals surface area contributed by atoms with E-state index in [9.17, 15) is 0 Å². The average Bonchev–Trinajstić information content (AvgIpc) is 3.06. The number of hydrogen-bond acceptors (Lipinski definition) is 4. The Bertz CT molecular complexity index is 1190. The van der Waals surface area contributed by atoms with Gasteiger partial charge < -0.3 is 9.47 Å². The lowest BCUT2D eigenvalue weighted by Crippen LogP contribution is -2.43. The van der Waals surface area contributed by atoms with Crippen molar-refractivity contribution in [2.24, 2.45) is 0 Å². The first kappa shape index (κ1) is 31.1. The lowest BCUT2D eigenvalue weighted by Gasteiger charge is -2.35. The molecule has 2 aliphatic heterocycles. The molecule has 0 radical (unpaired) electrons. The van der Waals surface area contributed by atoms with Crippen LogP contribution in [0.5, 0.6) is 0 Å². The first-order chi connectivity index (χ1) is 20.7. The predicted octanol–water partition coefficient (Wildman–Crippen LogP) is 8.05. The Balaban J connectivity index is 0.000000168. The number of halogens is 2. The molecule has 0 aromatic heterocycles. The quantitative estimate of drug-likeness (QED) is 0.175. The van der Waals surface area contributed by atoms with Gasteiger partial charge in [0.05, 0.1) is 35.1 Å². The second-order valence-electron chi connectivity index (χ2n) is 10.9. The minimum absolute atomic E-state index is 0.199. The van der Waals surface area contributed by atoms with Gasteiger partial charge in [-0.25, -0.2) is 0 Å². The summed E-state index contributed by atoms with van der Waals surface area (Å²) >= 11 is 7.62. The number of alkyl halides is 2. The summed E-state index contributed by atoms with van der Waals surface area (Å²) in [5, 5.41) is 0. The van der Waals surface area contributed by atoms with Gasteiger partial charge in [-0.05, 0) is 22.3 Å². The second kappa shape index (κ2) is 16.5. The van der Waals surface area contributed by atoms with Crippen LogP contribution in [0.25, 0.3) is 0 Å². The SMILES string of the molecule is Br[C@@H](c1ccccc1)[C@H]1CN(Cc2ccccc2)CCO1.Br[C@H](c1ccccc1)[C@@H]1CN(Cc2ccccc2)CCO1. The number of morpholine rings is 2. The fraction of sp³-hybridized carbons (Fsp3) is 0.333. The summed E-state index contributed by atoms with van der Waals surface area (Å²) in [4.78, 5) is 5.44.